The fraction of sp³-hybridized carbons (Fsp3) is 0.500. The lowest BCUT2D eigenvalue weighted by Crippen LogP contribution is -2.26. The van der Waals surface area contributed by atoms with Crippen LogP contribution in [0, 0.1) is 6.92 Å². The lowest BCUT2D eigenvalue weighted by atomic mass is 9.85. The maximum absolute atomic E-state index is 12.0. The Morgan fingerprint density at radius 3 is 2.65 bits per heavy atom. The minimum absolute atomic E-state index is 0.107. The van der Waals surface area contributed by atoms with E-state index in [9.17, 15) is 9.59 Å². The molecule has 0 saturated heterocycles. The van der Waals surface area contributed by atoms with Gasteiger partial charge < -0.3 is 4.90 Å². The van der Waals surface area contributed by atoms with Crippen LogP contribution < -0.4 is 4.90 Å². The monoisotopic (exact) mass is 270 g/mol. The van der Waals surface area contributed by atoms with E-state index in [1.54, 1.807) is 18.0 Å². The third kappa shape index (κ3) is 1.80. The maximum atomic E-state index is 12.0. The maximum Gasteiger partial charge on any atom is 0.235 e. The molecule has 1 aromatic rings. The van der Waals surface area contributed by atoms with Crippen molar-refractivity contribution in [3.05, 3.63) is 28.8 Å². The van der Waals surface area contributed by atoms with E-state index < -0.39 is 5.54 Å². The number of amides is 1. The Morgan fingerprint density at radius 2 is 2.00 bits per heavy atom. The standard InChI is InChI=1S/C16H18N2O2/c1-11-7-12-9-14(20)18(2)15(12)13(8-11)16(17-10-19)5-3-4-6-16/h7-8H,3-6,9H2,1-2H3. The Balaban J connectivity index is 2.24. The molecular weight excluding hydrogens is 252 g/mol. The average Bonchev–Trinajstić information content (AvgIpc) is 2.97. The number of fused-ring (bicyclic) bond motifs is 1. The minimum Gasteiger partial charge on any atom is -0.315 e. The second-order valence-electron chi connectivity index (χ2n) is 5.89. The lowest BCUT2D eigenvalue weighted by Gasteiger charge is -2.28. The summed E-state index contributed by atoms with van der Waals surface area (Å²) in [5, 5.41) is 0. The van der Waals surface area contributed by atoms with Crippen LogP contribution in [0.15, 0.2) is 17.1 Å². The van der Waals surface area contributed by atoms with Crippen LogP contribution in [0.5, 0.6) is 0 Å². The molecule has 0 atom stereocenters. The zero-order valence-corrected chi connectivity index (χ0v) is 11.9. The first-order chi connectivity index (χ1) is 9.57. The molecule has 0 spiro atoms. The van der Waals surface area contributed by atoms with Crippen LogP contribution in [0.25, 0.3) is 0 Å². The van der Waals surface area contributed by atoms with Gasteiger partial charge in [-0.05, 0) is 25.3 Å². The van der Waals surface area contributed by atoms with Gasteiger partial charge in [-0.15, -0.1) is 0 Å². The number of carbonyl (C=O) groups is 1. The molecule has 3 rings (SSSR count). The second kappa shape index (κ2) is 4.57. The third-order valence-electron chi connectivity index (χ3n) is 4.58. The van der Waals surface area contributed by atoms with E-state index in [4.69, 9.17) is 0 Å². The highest BCUT2D eigenvalue weighted by molar-refractivity contribution is 6.02. The third-order valence-corrected chi connectivity index (χ3v) is 4.58. The van der Waals surface area contributed by atoms with E-state index in [0.717, 1.165) is 48.1 Å². The Morgan fingerprint density at radius 1 is 1.30 bits per heavy atom. The topological polar surface area (TPSA) is 49.7 Å². The van der Waals surface area contributed by atoms with Crippen molar-refractivity contribution in [3.8, 4) is 0 Å². The van der Waals surface area contributed by atoms with Crippen molar-refractivity contribution in [1.82, 2.24) is 0 Å². The summed E-state index contributed by atoms with van der Waals surface area (Å²) in [6.45, 7) is 2.03. The van der Waals surface area contributed by atoms with E-state index in [1.807, 2.05) is 6.92 Å². The summed E-state index contributed by atoms with van der Waals surface area (Å²) < 4.78 is 0. The van der Waals surface area contributed by atoms with Crippen LogP contribution >= 0.6 is 0 Å². The van der Waals surface area contributed by atoms with Gasteiger partial charge in [0.2, 0.25) is 12.0 Å². The Hall–Kier alpha value is -1.93. The summed E-state index contributed by atoms with van der Waals surface area (Å²) in [6.07, 6.45) is 6.05. The predicted octanol–water partition coefficient (Wildman–Crippen LogP) is 2.62. The molecule has 4 heteroatoms. The van der Waals surface area contributed by atoms with E-state index >= 15 is 0 Å². The summed E-state index contributed by atoms with van der Waals surface area (Å²) >= 11 is 0. The minimum atomic E-state index is -0.475. The van der Waals surface area contributed by atoms with Gasteiger partial charge in [-0.2, -0.15) is 4.99 Å². The number of aryl methyl sites for hydroxylation is 1. The summed E-state index contributed by atoms with van der Waals surface area (Å²) in [4.78, 5) is 28.8. The summed E-state index contributed by atoms with van der Waals surface area (Å²) in [7, 11) is 1.81. The highest BCUT2D eigenvalue weighted by Gasteiger charge is 2.41. The number of nitrogens with zero attached hydrogens (tertiary/aromatic N) is 2. The van der Waals surface area contributed by atoms with Crippen molar-refractivity contribution in [1.29, 1.82) is 0 Å². The molecule has 1 amide bonds. The summed E-state index contributed by atoms with van der Waals surface area (Å²) in [6, 6.07) is 4.15. The molecule has 1 heterocycles. The first kappa shape index (κ1) is 13.1. The Kier molecular flexibility index (Phi) is 2.98. The summed E-state index contributed by atoms with van der Waals surface area (Å²) in [5.41, 5.74) is 3.69. The van der Waals surface area contributed by atoms with Crippen molar-refractivity contribution >= 4 is 17.7 Å². The van der Waals surface area contributed by atoms with Gasteiger partial charge in [-0.25, -0.2) is 4.79 Å². The van der Waals surface area contributed by atoms with Crippen LogP contribution in [-0.2, 0) is 21.5 Å². The largest absolute Gasteiger partial charge is 0.315 e. The molecule has 2 aliphatic rings. The number of isocyanates is 1. The van der Waals surface area contributed by atoms with Crippen molar-refractivity contribution in [2.75, 3.05) is 11.9 Å². The molecule has 4 nitrogen and oxygen atoms in total. The fourth-order valence-corrected chi connectivity index (χ4v) is 3.63. The Labute approximate surface area is 118 Å². The molecule has 0 radical (unpaired) electrons. The van der Waals surface area contributed by atoms with Gasteiger partial charge in [0, 0.05) is 12.6 Å². The Bertz CT molecular complexity index is 624. The number of carbonyl (C=O) groups excluding carboxylic acids is 2. The highest BCUT2D eigenvalue weighted by atomic mass is 16.2. The zero-order chi connectivity index (χ0) is 14.3. The van der Waals surface area contributed by atoms with Gasteiger partial charge >= 0.3 is 0 Å². The van der Waals surface area contributed by atoms with Crippen LogP contribution in [0.1, 0.15) is 42.4 Å². The average molecular weight is 270 g/mol. The van der Waals surface area contributed by atoms with Gasteiger partial charge in [0.1, 0.15) is 5.54 Å². The van der Waals surface area contributed by atoms with Crippen LogP contribution in [0.4, 0.5) is 5.69 Å². The molecule has 0 aromatic heterocycles. The first-order valence-electron chi connectivity index (χ1n) is 7.07. The number of benzene rings is 1. The fourth-order valence-electron chi connectivity index (χ4n) is 3.63. The van der Waals surface area contributed by atoms with Crippen molar-refractivity contribution in [2.24, 2.45) is 4.99 Å². The smallest absolute Gasteiger partial charge is 0.235 e. The second-order valence-corrected chi connectivity index (χ2v) is 5.89. The number of likely N-dealkylation sites (N-methyl/N-ethyl adjacent to an activating group) is 1. The molecular formula is C16H18N2O2. The normalized spacial score (nSPS) is 19.9. The predicted molar refractivity (Wildman–Crippen MR) is 76.6 cm³/mol. The SMILES string of the molecule is Cc1cc2c(c(C3(N=C=O)CCCC3)c1)N(C)C(=O)C2. The number of hydrogen-bond acceptors (Lipinski definition) is 3. The lowest BCUT2D eigenvalue weighted by molar-refractivity contribution is -0.117. The van der Waals surface area contributed by atoms with E-state index in [0.29, 0.717) is 6.42 Å². The first-order valence-corrected chi connectivity index (χ1v) is 7.07. The molecule has 0 N–H and O–H groups in total. The molecule has 20 heavy (non-hydrogen) atoms. The van der Waals surface area contributed by atoms with Gasteiger partial charge in [0.25, 0.3) is 0 Å². The van der Waals surface area contributed by atoms with Crippen LogP contribution in [0.3, 0.4) is 0 Å². The molecule has 1 fully saturated rings. The molecule has 1 aliphatic heterocycles. The van der Waals surface area contributed by atoms with Gasteiger partial charge in [0.05, 0.1) is 12.1 Å². The van der Waals surface area contributed by atoms with E-state index in [2.05, 4.69) is 17.1 Å². The van der Waals surface area contributed by atoms with Crippen molar-refractivity contribution in [3.63, 3.8) is 0 Å². The van der Waals surface area contributed by atoms with Crippen LogP contribution in [-0.4, -0.2) is 19.0 Å². The van der Waals surface area contributed by atoms with Crippen molar-refractivity contribution < 1.29 is 9.59 Å². The van der Waals surface area contributed by atoms with Gasteiger partial charge in [0.15, 0.2) is 0 Å². The molecule has 104 valence electrons. The van der Waals surface area contributed by atoms with Gasteiger partial charge in [-0.1, -0.05) is 30.5 Å². The van der Waals surface area contributed by atoms with E-state index in [1.165, 1.54) is 0 Å². The number of rotatable bonds is 2. The quantitative estimate of drug-likeness (QED) is 0.612. The summed E-state index contributed by atoms with van der Waals surface area (Å²) in [5.74, 6) is 0.107. The molecule has 1 aliphatic carbocycles. The number of anilines is 1. The molecule has 1 aromatic carbocycles. The van der Waals surface area contributed by atoms with Crippen LogP contribution in [0.2, 0.25) is 0 Å². The number of hydrogen-bond donors (Lipinski definition) is 0. The number of aliphatic imine (C=N–C) groups is 1. The molecule has 0 unspecified atom stereocenters. The molecule has 1 saturated carbocycles. The molecule has 0 bridgehead atoms. The van der Waals surface area contributed by atoms with E-state index in [-0.39, 0.29) is 5.91 Å². The van der Waals surface area contributed by atoms with Gasteiger partial charge in [-0.3, -0.25) is 4.79 Å². The van der Waals surface area contributed by atoms with Crippen molar-refractivity contribution in [2.45, 2.75) is 44.6 Å². The zero-order valence-electron chi connectivity index (χ0n) is 11.9. The highest BCUT2D eigenvalue weighted by Crippen LogP contribution is 2.48.